The second-order valence-electron chi connectivity index (χ2n) is 5.12. The molecule has 2 N–H and O–H groups in total. The maximum atomic E-state index is 11.9. The molecular formula is C11H22N2O3. The molecule has 5 nitrogen and oxygen atoms in total. The topological polar surface area (TPSA) is 64.8 Å². The zero-order valence-electron chi connectivity index (χ0n) is 10.5. The van der Waals surface area contributed by atoms with Crippen molar-refractivity contribution >= 4 is 6.09 Å². The van der Waals surface area contributed by atoms with Gasteiger partial charge >= 0.3 is 6.09 Å². The number of methoxy groups -OCH3 is 1. The summed E-state index contributed by atoms with van der Waals surface area (Å²) < 4.78 is 10.6. The van der Waals surface area contributed by atoms with Gasteiger partial charge in [0.1, 0.15) is 5.60 Å². The maximum Gasteiger partial charge on any atom is 0.410 e. The van der Waals surface area contributed by atoms with E-state index in [1.807, 2.05) is 20.8 Å². The van der Waals surface area contributed by atoms with Crippen molar-refractivity contribution in [3.8, 4) is 0 Å². The third-order valence-electron chi connectivity index (χ3n) is 2.61. The molecule has 0 radical (unpaired) electrons. The Hall–Kier alpha value is -0.810. The predicted molar refractivity (Wildman–Crippen MR) is 61.2 cm³/mol. The van der Waals surface area contributed by atoms with E-state index in [0.29, 0.717) is 13.1 Å². The molecule has 0 spiro atoms. The second-order valence-corrected chi connectivity index (χ2v) is 5.12. The minimum absolute atomic E-state index is 0.0276. The summed E-state index contributed by atoms with van der Waals surface area (Å²) in [6.45, 7) is 6.57. The number of hydrogen-bond acceptors (Lipinski definition) is 4. The van der Waals surface area contributed by atoms with Gasteiger partial charge in [-0.3, -0.25) is 0 Å². The van der Waals surface area contributed by atoms with Crippen LogP contribution in [-0.2, 0) is 9.47 Å². The Kier molecular flexibility index (Phi) is 4.15. The summed E-state index contributed by atoms with van der Waals surface area (Å²) in [5.74, 6) is 0. The SMILES string of the molecule is COC1C[C@@H](CN)N(C(=O)OC(C)(C)C)C1. The molecule has 94 valence electrons. The lowest BCUT2D eigenvalue weighted by atomic mass is 10.2. The first-order valence-electron chi connectivity index (χ1n) is 5.60. The Morgan fingerprint density at radius 1 is 1.50 bits per heavy atom. The van der Waals surface area contributed by atoms with Gasteiger partial charge in [0.05, 0.1) is 12.6 Å². The molecular weight excluding hydrogens is 208 g/mol. The summed E-state index contributed by atoms with van der Waals surface area (Å²) in [5.41, 5.74) is 5.17. The summed E-state index contributed by atoms with van der Waals surface area (Å²) >= 11 is 0. The number of hydrogen-bond donors (Lipinski definition) is 1. The molecule has 0 aromatic heterocycles. The van der Waals surface area contributed by atoms with Crippen LogP contribution in [0.5, 0.6) is 0 Å². The Morgan fingerprint density at radius 2 is 2.12 bits per heavy atom. The van der Waals surface area contributed by atoms with Crippen LogP contribution in [0.4, 0.5) is 4.79 Å². The van der Waals surface area contributed by atoms with Crippen LogP contribution in [0.15, 0.2) is 0 Å². The number of nitrogens with two attached hydrogens (primary N) is 1. The van der Waals surface area contributed by atoms with Crippen LogP contribution in [0.1, 0.15) is 27.2 Å². The minimum Gasteiger partial charge on any atom is -0.444 e. The standard InChI is InChI=1S/C11H22N2O3/c1-11(2,3)16-10(14)13-7-9(15-4)5-8(13)6-12/h8-9H,5-7,12H2,1-4H3/t8-,9?/m0/s1. The number of carbonyl (C=O) groups excluding carboxylic acids is 1. The number of likely N-dealkylation sites (tertiary alicyclic amines) is 1. The largest absolute Gasteiger partial charge is 0.444 e. The molecule has 1 aliphatic heterocycles. The summed E-state index contributed by atoms with van der Waals surface area (Å²) in [6.07, 6.45) is 0.551. The van der Waals surface area contributed by atoms with Crippen LogP contribution in [0.25, 0.3) is 0 Å². The number of amides is 1. The van der Waals surface area contributed by atoms with Crippen molar-refractivity contribution in [1.82, 2.24) is 4.90 Å². The molecule has 1 heterocycles. The molecule has 1 rings (SSSR count). The lowest BCUT2D eigenvalue weighted by Gasteiger charge is -2.27. The zero-order chi connectivity index (χ0) is 12.3. The molecule has 1 aliphatic rings. The fourth-order valence-electron chi connectivity index (χ4n) is 1.81. The van der Waals surface area contributed by atoms with Crippen LogP contribution in [0.3, 0.4) is 0 Å². The number of rotatable bonds is 2. The molecule has 16 heavy (non-hydrogen) atoms. The van der Waals surface area contributed by atoms with E-state index in [2.05, 4.69) is 0 Å². The van der Waals surface area contributed by atoms with Crippen molar-refractivity contribution in [2.24, 2.45) is 5.73 Å². The van der Waals surface area contributed by atoms with E-state index in [-0.39, 0.29) is 18.2 Å². The normalized spacial score (nSPS) is 25.9. The molecule has 1 saturated heterocycles. The Labute approximate surface area is 96.9 Å². The summed E-state index contributed by atoms with van der Waals surface area (Å²) in [7, 11) is 1.65. The molecule has 0 aliphatic carbocycles. The van der Waals surface area contributed by atoms with E-state index >= 15 is 0 Å². The van der Waals surface area contributed by atoms with Gasteiger partial charge < -0.3 is 20.1 Å². The average molecular weight is 230 g/mol. The fraction of sp³-hybridized carbons (Fsp3) is 0.909. The van der Waals surface area contributed by atoms with E-state index < -0.39 is 5.60 Å². The molecule has 1 fully saturated rings. The predicted octanol–water partition coefficient (Wildman–Crippen LogP) is 0.969. The smallest absolute Gasteiger partial charge is 0.410 e. The van der Waals surface area contributed by atoms with Crippen molar-refractivity contribution in [3.05, 3.63) is 0 Å². The maximum absolute atomic E-state index is 11.9. The monoisotopic (exact) mass is 230 g/mol. The van der Waals surface area contributed by atoms with Crippen LogP contribution in [-0.4, -0.2) is 48.9 Å². The highest BCUT2D eigenvalue weighted by Crippen LogP contribution is 2.22. The number of carbonyl (C=O) groups is 1. The zero-order valence-corrected chi connectivity index (χ0v) is 10.5. The lowest BCUT2D eigenvalue weighted by Crippen LogP contribution is -2.43. The molecule has 0 saturated carbocycles. The van der Waals surface area contributed by atoms with Gasteiger partial charge in [-0.1, -0.05) is 0 Å². The van der Waals surface area contributed by atoms with Crippen molar-refractivity contribution in [2.45, 2.75) is 44.9 Å². The van der Waals surface area contributed by atoms with Crippen molar-refractivity contribution in [3.63, 3.8) is 0 Å². The average Bonchev–Trinajstić information content (AvgIpc) is 2.58. The van der Waals surface area contributed by atoms with Gasteiger partial charge in [-0.05, 0) is 27.2 Å². The third kappa shape index (κ3) is 3.35. The molecule has 1 amide bonds. The van der Waals surface area contributed by atoms with Gasteiger partial charge in [0.2, 0.25) is 0 Å². The highest BCUT2D eigenvalue weighted by Gasteiger charge is 2.36. The lowest BCUT2D eigenvalue weighted by molar-refractivity contribution is 0.0201. The quantitative estimate of drug-likeness (QED) is 0.767. The van der Waals surface area contributed by atoms with Gasteiger partial charge in [0, 0.05) is 19.7 Å². The molecule has 0 bridgehead atoms. The first-order valence-corrected chi connectivity index (χ1v) is 5.60. The third-order valence-corrected chi connectivity index (χ3v) is 2.61. The highest BCUT2D eigenvalue weighted by molar-refractivity contribution is 5.69. The summed E-state index contributed by atoms with van der Waals surface area (Å²) in [6, 6.07) is 0.0276. The fourth-order valence-corrected chi connectivity index (χ4v) is 1.81. The van der Waals surface area contributed by atoms with Crippen LogP contribution >= 0.6 is 0 Å². The van der Waals surface area contributed by atoms with Crippen LogP contribution in [0, 0.1) is 0 Å². The minimum atomic E-state index is -0.471. The molecule has 1 unspecified atom stereocenters. The van der Waals surface area contributed by atoms with Gasteiger partial charge in [-0.25, -0.2) is 4.79 Å². The Balaban J connectivity index is 2.61. The first kappa shape index (κ1) is 13.3. The van der Waals surface area contributed by atoms with E-state index in [0.717, 1.165) is 6.42 Å². The van der Waals surface area contributed by atoms with Gasteiger partial charge in [0.25, 0.3) is 0 Å². The summed E-state index contributed by atoms with van der Waals surface area (Å²) in [4.78, 5) is 13.6. The van der Waals surface area contributed by atoms with Crippen molar-refractivity contribution in [2.75, 3.05) is 20.2 Å². The molecule has 5 heteroatoms. The van der Waals surface area contributed by atoms with Gasteiger partial charge in [-0.2, -0.15) is 0 Å². The van der Waals surface area contributed by atoms with Gasteiger partial charge in [-0.15, -0.1) is 0 Å². The van der Waals surface area contributed by atoms with Crippen LogP contribution < -0.4 is 5.73 Å². The first-order chi connectivity index (χ1) is 7.37. The van der Waals surface area contributed by atoms with Crippen molar-refractivity contribution in [1.29, 1.82) is 0 Å². The Morgan fingerprint density at radius 3 is 2.56 bits per heavy atom. The van der Waals surface area contributed by atoms with Gasteiger partial charge in [0.15, 0.2) is 0 Å². The van der Waals surface area contributed by atoms with E-state index in [1.54, 1.807) is 12.0 Å². The number of nitrogens with zero attached hydrogens (tertiary/aromatic N) is 1. The van der Waals surface area contributed by atoms with Crippen LogP contribution in [0.2, 0.25) is 0 Å². The van der Waals surface area contributed by atoms with E-state index in [4.69, 9.17) is 15.2 Å². The van der Waals surface area contributed by atoms with E-state index in [1.165, 1.54) is 0 Å². The van der Waals surface area contributed by atoms with Crippen molar-refractivity contribution < 1.29 is 14.3 Å². The molecule has 2 atom stereocenters. The molecule has 0 aromatic carbocycles. The summed E-state index contributed by atoms with van der Waals surface area (Å²) in [5, 5.41) is 0. The Bertz CT molecular complexity index is 250. The van der Waals surface area contributed by atoms with E-state index in [9.17, 15) is 4.79 Å². The highest BCUT2D eigenvalue weighted by atomic mass is 16.6. The molecule has 0 aromatic rings. The number of ether oxygens (including phenoxy) is 2. The second kappa shape index (κ2) is 5.01.